The Labute approximate surface area is 57.7 Å². The molecule has 1 heteroatoms. The van der Waals surface area contributed by atoms with Gasteiger partial charge >= 0.3 is 0 Å². The second kappa shape index (κ2) is 2.26. The predicted molar refractivity (Wildman–Crippen MR) is 42.0 cm³/mol. The highest BCUT2D eigenvalue weighted by molar-refractivity contribution is 5.33. The van der Waals surface area contributed by atoms with Gasteiger partial charge in [-0.3, -0.25) is 0 Å². The molecule has 0 bridgehead atoms. The topological polar surface area (TPSA) is 26.0 Å². The van der Waals surface area contributed by atoms with Crippen LogP contribution < -0.4 is 5.73 Å². The lowest BCUT2D eigenvalue weighted by molar-refractivity contribution is 0.911. The number of hydrogen-bond acceptors (Lipinski definition) is 1. The van der Waals surface area contributed by atoms with E-state index in [1.807, 2.05) is 0 Å². The molecular weight excluding hydrogens is 110 g/mol. The van der Waals surface area contributed by atoms with Crippen LogP contribution in [0.2, 0.25) is 0 Å². The van der Waals surface area contributed by atoms with Gasteiger partial charge in [0.1, 0.15) is 0 Å². The Bertz CT molecular complexity index is 180. The van der Waals surface area contributed by atoms with Crippen molar-refractivity contribution in [2.75, 3.05) is 0 Å². The van der Waals surface area contributed by atoms with Crippen molar-refractivity contribution in [3.05, 3.63) is 22.9 Å². The van der Waals surface area contributed by atoms with Gasteiger partial charge in [0.15, 0.2) is 0 Å². The second-order valence-corrected chi connectivity index (χ2v) is 2.62. The maximum absolute atomic E-state index is 5.73. The largest absolute Gasteiger partial charge is 0.399 e. The third kappa shape index (κ3) is 1.15. The molecule has 0 aliphatic heterocycles. The fraction of sp³-hybridized carbons (Fsp3) is 0.500. The van der Waals surface area contributed by atoms with Crippen LogP contribution in [0.1, 0.15) is 28.1 Å². The summed E-state index contributed by atoms with van der Waals surface area (Å²) in [5.41, 5.74) is 9.33. The molecule has 0 saturated heterocycles. The van der Waals surface area contributed by atoms with Crippen molar-refractivity contribution in [3.8, 4) is 0 Å². The van der Waals surface area contributed by atoms with E-state index in [-0.39, 0.29) is 1.43 Å². The van der Waals surface area contributed by atoms with E-state index in [0.29, 0.717) is 0 Å². The van der Waals surface area contributed by atoms with Crippen molar-refractivity contribution in [3.63, 3.8) is 0 Å². The lowest BCUT2D eigenvalue weighted by Crippen LogP contribution is -2.05. The Kier molecular flexibility index (Phi) is 1.60. The van der Waals surface area contributed by atoms with Crippen LogP contribution in [0.4, 0.5) is 0 Å². The first-order valence-electron chi connectivity index (χ1n) is 3.34. The van der Waals surface area contributed by atoms with Gasteiger partial charge in [0, 0.05) is 7.12 Å². The molecule has 0 saturated carbocycles. The standard InChI is InChI=1S/C8H13N.H2/c1-6-4-3-5-7(2)8(6)9;/h4H,3,5,9H2,1-2H3;1H. The Balaban J connectivity index is 0.000000810. The molecule has 52 valence electrons. The highest BCUT2D eigenvalue weighted by Gasteiger charge is 2.03. The quantitative estimate of drug-likeness (QED) is 0.527. The van der Waals surface area contributed by atoms with Crippen molar-refractivity contribution in [2.45, 2.75) is 26.7 Å². The van der Waals surface area contributed by atoms with E-state index in [2.05, 4.69) is 19.9 Å². The molecule has 0 amide bonds. The number of rotatable bonds is 0. The molecule has 0 unspecified atom stereocenters. The van der Waals surface area contributed by atoms with Crippen molar-refractivity contribution in [1.29, 1.82) is 0 Å². The molecule has 0 aromatic carbocycles. The summed E-state index contributed by atoms with van der Waals surface area (Å²) in [6.07, 6.45) is 4.50. The van der Waals surface area contributed by atoms with Crippen molar-refractivity contribution in [1.82, 2.24) is 0 Å². The zero-order valence-electron chi connectivity index (χ0n) is 6.07. The van der Waals surface area contributed by atoms with E-state index in [0.717, 1.165) is 12.1 Å². The third-order valence-electron chi connectivity index (χ3n) is 1.85. The summed E-state index contributed by atoms with van der Waals surface area (Å²) in [5, 5.41) is 0. The van der Waals surface area contributed by atoms with Crippen molar-refractivity contribution in [2.24, 2.45) is 5.73 Å². The van der Waals surface area contributed by atoms with Crippen LogP contribution in [-0.2, 0) is 0 Å². The summed E-state index contributed by atoms with van der Waals surface area (Å²) in [6.45, 7) is 4.17. The van der Waals surface area contributed by atoms with Crippen LogP contribution in [0.15, 0.2) is 22.9 Å². The molecule has 1 aliphatic carbocycles. The number of nitrogens with two attached hydrogens (primary N) is 1. The van der Waals surface area contributed by atoms with Gasteiger partial charge in [0.2, 0.25) is 0 Å². The Morgan fingerprint density at radius 3 is 2.67 bits per heavy atom. The van der Waals surface area contributed by atoms with Gasteiger partial charge in [0.25, 0.3) is 0 Å². The first-order valence-corrected chi connectivity index (χ1v) is 3.34. The van der Waals surface area contributed by atoms with Crippen molar-refractivity contribution >= 4 is 0 Å². The molecule has 0 aromatic heterocycles. The fourth-order valence-corrected chi connectivity index (χ4v) is 1.09. The van der Waals surface area contributed by atoms with Gasteiger partial charge in [-0.25, -0.2) is 0 Å². The summed E-state index contributed by atoms with van der Waals surface area (Å²) in [5.74, 6) is 0. The first kappa shape index (κ1) is 6.40. The smallest absolute Gasteiger partial charge is 0.0329 e. The van der Waals surface area contributed by atoms with Gasteiger partial charge in [0.05, 0.1) is 0 Å². The van der Waals surface area contributed by atoms with Gasteiger partial charge in [-0.05, 0) is 37.8 Å². The van der Waals surface area contributed by atoms with E-state index in [1.54, 1.807) is 0 Å². The Morgan fingerprint density at radius 1 is 1.56 bits per heavy atom. The normalized spacial score (nSPS) is 20.0. The van der Waals surface area contributed by atoms with E-state index in [9.17, 15) is 0 Å². The highest BCUT2D eigenvalue weighted by Crippen LogP contribution is 2.19. The summed E-state index contributed by atoms with van der Waals surface area (Å²) < 4.78 is 0. The Hall–Kier alpha value is -0.720. The van der Waals surface area contributed by atoms with E-state index in [4.69, 9.17) is 5.73 Å². The van der Waals surface area contributed by atoms with Crippen molar-refractivity contribution < 1.29 is 1.43 Å². The highest BCUT2D eigenvalue weighted by atomic mass is 14.6. The van der Waals surface area contributed by atoms with Crippen LogP contribution in [0.25, 0.3) is 0 Å². The maximum atomic E-state index is 5.73. The third-order valence-corrected chi connectivity index (χ3v) is 1.85. The molecule has 0 heterocycles. The minimum absolute atomic E-state index is 0. The van der Waals surface area contributed by atoms with Crippen LogP contribution in [0, 0.1) is 0 Å². The molecule has 0 spiro atoms. The Morgan fingerprint density at radius 2 is 2.22 bits per heavy atom. The molecule has 0 atom stereocenters. The van der Waals surface area contributed by atoms with Crippen LogP contribution in [-0.4, -0.2) is 0 Å². The summed E-state index contributed by atoms with van der Waals surface area (Å²) in [7, 11) is 0. The second-order valence-electron chi connectivity index (χ2n) is 2.62. The minimum Gasteiger partial charge on any atom is -0.399 e. The lowest BCUT2D eigenvalue weighted by atomic mass is 9.99. The molecule has 0 radical (unpaired) electrons. The first-order chi connectivity index (χ1) is 4.22. The average Bonchev–Trinajstić information content (AvgIpc) is 1.83. The molecule has 2 N–H and O–H groups in total. The average molecular weight is 125 g/mol. The van der Waals surface area contributed by atoms with E-state index < -0.39 is 0 Å². The lowest BCUT2D eigenvalue weighted by Gasteiger charge is -2.12. The molecule has 1 aliphatic rings. The minimum atomic E-state index is 0. The molecular formula is C8H15N. The molecule has 0 aromatic rings. The zero-order chi connectivity index (χ0) is 6.85. The van der Waals surface area contributed by atoms with Crippen LogP contribution >= 0.6 is 0 Å². The maximum Gasteiger partial charge on any atom is 0.0329 e. The van der Waals surface area contributed by atoms with Crippen LogP contribution in [0.5, 0.6) is 0 Å². The predicted octanol–water partition coefficient (Wildman–Crippen LogP) is 2.21. The van der Waals surface area contributed by atoms with Gasteiger partial charge in [-0.15, -0.1) is 0 Å². The molecule has 9 heavy (non-hydrogen) atoms. The monoisotopic (exact) mass is 125 g/mol. The van der Waals surface area contributed by atoms with Gasteiger partial charge in [-0.2, -0.15) is 0 Å². The zero-order valence-corrected chi connectivity index (χ0v) is 6.07. The van der Waals surface area contributed by atoms with Crippen LogP contribution in [0.3, 0.4) is 0 Å². The SMILES string of the molecule is CC1=CCCC(C)=C1N.[HH]. The van der Waals surface area contributed by atoms with Gasteiger partial charge in [-0.1, -0.05) is 6.08 Å². The summed E-state index contributed by atoms with van der Waals surface area (Å²) >= 11 is 0. The van der Waals surface area contributed by atoms with E-state index in [1.165, 1.54) is 17.6 Å². The summed E-state index contributed by atoms with van der Waals surface area (Å²) in [6, 6.07) is 0. The molecule has 0 fully saturated rings. The number of hydrogen-bond donors (Lipinski definition) is 1. The summed E-state index contributed by atoms with van der Waals surface area (Å²) in [4.78, 5) is 0. The van der Waals surface area contributed by atoms with E-state index >= 15 is 0 Å². The fourth-order valence-electron chi connectivity index (χ4n) is 1.09. The van der Waals surface area contributed by atoms with Gasteiger partial charge < -0.3 is 5.73 Å². The number of allylic oxidation sites excluding steroid dienone is 3. The molecule has 1 nitrogen and oxygen atoms in total. The molecule has 1 rings (SSSR count).